The van der Waals surface area contributed by atoms with Crippen LogP contribution in [0.5, 0.6) is 11.5 Å². The van der Waals surface area contributed by atoms with Crippen molar-refractivity contribution in [3.63, 3.8) is 0 Å². The Hall–Kier alpha value is -3.46. The van der Waals surface area contributed by atoms with E-state index >= 15 is 0 Å². The molecule has 0 unspecified atom stereocenters. The van der Waals surface area contributed by atoms with E-state index in [1.807, 2.05) is 0 Å². The third-order valence-electron chi connectivity index (χ3n) is 9.55. The molecule has 0 aliphatic rings. The molecule has 7 aromatic rings. The molecular weight excluding hydrogens is 820 g/mol. The molecule has 270 valence electrons. The van der Waals surface area contributed by atoms with Crippen molar-refractivity contribution < 1.29 is 9.05 Å². The van der Waals surface area contributed by atoms with E-state index < -0.39 is 16.3 Å². The zero-order chi connectivity index (χ0) is 36.4. The molecule has 0 saturated heterocycles. The van der Waals surface area contributed by atoms with Crippen molar-refractivity contribution in [2.75, 3.05) is 0 Å². The Morgan fingerprint density at radius 2 is 0.962 bits per heavy atom. The minimum atomic E-state index is -1.12. The third kappa shape index (κ3) is 9.09. The van der Waals surface area contributed by atoms with Gasteiger partial charge in [-0.15, -0.1) is 0 Å². The number of benzene rings is 6. The second-order valence-corrected chi connectivity index (χ2v) is 18.5. The van der Waals surface area contributed by atoms with Crippen molar-refractivity contribution in [3.8, 4) is 11.5 Å². The Kier molecular flexibility index (Phi) is 13.4. The molecule has 0 saturated carbocycles. The van der Waals surface area contributed by atoms with Crippen molar-refractivity contribution in [3.05, 3.63) is 155 Å². The molecule has 1 aromatic heterocycles. The smallest absolute Gasteiger partial charge is 0.150 e. The van der Waals surface area contributed by atoms with Crippen LogP contribution < -0.4 is 30.3 Å². The maximum Gasteiger partial charge on any atom is 0.150 e. The summed E-state index contributed by atoms with van der Waals surface area (Å²) in [5, 5.41) is 7.01. The molecule has 6 aromatic carbocycles. The highest BCUT2D eigenvalue weighted by Gasteiger charge is 2.24. The average molecular weight is 866 g/mol. The summed E-state index contributed by atoms with van der Waals surface area (Å²) in [6, 6.07) is 51.2. The summed E-state index contributed by atoms with van der Waals surface area (Å²) in [7, 11) is -2.18. The molecule has 7 heteroatoms. The number of rotatable bonds is 17. The number of hydrogen-bond donors (Lipinski definition) is 0. The van der Waals surface area contributed by atoms with Crippen LogP contribution in [0.15, 0.2) is 155 Å². The van der Waals surface area contributed by atoms with Gasteiger partial charge in [-0.3, -0.25) is 0 Å². The summed E-state index contributed by atoms with van der Waals surface area (Å²) in [5.74, 6) is 1.68. The van der Waals surface area contributed by atoms with Crippen LogP contribution in [0.3, 0.4) is 0 Å². The maximum atomic E-state index is 7.08. The van der Waals surface area contributed by atoms with Gasteiger partial charge in [0.25, 0.3) is 0 Å². The first-order valence-corrected chi connectivity index (χ1v) is 22.8. The van der Waals surface area contributed by atoms with Gasteiger partial charge in [-0.05, 0) is 62.5 Å². The average Bonchev–Trinajstić information content (AvgIpc) is 3.52. The lowest BCUT2D eigenvalue weighted by atomic mass is 10.1. The molecule has 53 heavy (non-hydrogen) atoms. The molecular formula is C46H45Br2NO2P2. The van der Waals surface area contributed by atoms with E-state index in [1.165, 1.54) is 77.2 Å². The largest absolute Gasteiger partial charge is 0.464 e. The monoisotopic (exact) mass is 863 g/mol. The van der Waals surface area contributed by atoms with Gasteiger partial charge in [-0.2, -0.15) is 0 Å². The highest BCUT2D eigenvalue weighted by molar-refractivity contribution is 9.13. The molecule has 0 aliphatic carbocycles. The number of hydrogen-bond acceptors (Lipinski definition) is 2. The number of unbranched alkanes of at least 4 members (excludes halogenated alkanes) is 7. The molecule has 0 bridgehead atoms. The second-order valence-electron chi connectivity index (χ2n) is 13.3. The minimum Gasteiger partial charge on any atom is -0.464 e. The normalized spacial score (nSPS) is 11.6. The van der Waals surface area contributed by atoms with Crippen LogP contribution in [0.25, 0.3) is 21.8 Å². The molecule has 0 N–H and O–H groups in total. The zero-order valence-corrected chi connectivity index (χ0v) is 35.1. The Morgan fingerprint density at radius 3 is 1.47 bits per heavy atom. The van der Waals surface area contributed by atoms with E-state index in [-0.39, 0.29) is 0 Å². The van der Waals surface area contributed by atoms with Crippen LogP contribution in [0, 0.1) is 0 Å². The molecule has 0 radical (unpaired) electrons. The van der Waals surface area contributed by atoms with Crippen LogP contribution >= 0.6 is 48.2 Å². The Bertz CT molecular complexity index is 2130. The number of fused-ring (bicyclic) bond motifs is 3. The van der Waals surface area contributed by atoms with Gasteiger partial charge in [0.05, 0.1) is 14.5 Å². The van der Waals surface area contributed by atoms with Crippen LogP contribution in [0.1, 0.15) is 58.3 Å². The van der Waals surface area contributed by atoms with Crippen LogP contribution in [-0.4, -0.2) is 4.57 Å². The molecule has 3 nitrogen and oxygen atoms in total. The first-order valence-electron chi connectivity index (χ1n) is 18.7. The summed E-state index contributed by atoms with van der Waals surface area (Å²) in [4.78, 5) is 0. The molecule has 0 fully saturated rings. The van der Waals surface area contributed by atoms with Crippen LogP contribution in [0.4, 0.5) is 0 Å². The maximum absolute atomic E-state index is 7.08. The molecule has 1 heterocycles. The molecule has 0 atom stereocenters. The predicted molar refractivity (Wildman–Crippen MR) is 237 cm³/mol. The first-order chi connectivity index (χ1) is 26.1. The summed E-state index contributed by atoms with van der Waals surface area (Å²) in [6.07, 6.45) is 10.3. The second kappa shape index (κ2) is 18.7. The van der Waals surface area contributed by atoms with Gasteiger partial charge in [-0.1, -0.05) is 173 Å². The van der Waals surface area contributed by atoms with Crippen molar-refractivity contribution >= 4 is 91.2 Å². The quantitative estimate of drug-likeness (QED) is 0.0672. The summed E-state index contributed by atoms with van der Waals surface area (Å²) >= 11 is 8.06. The summed E-state index contributed by atoms with van der Waals surface area (Å²) < 4.78 is 18.5. The van der Waals surface area contributed by atoms with Crippen LogP contribution in [0.2, 0.25) is 0 Å². The van der Waals surface area contributed by atoms with E-state index in [4.69, 9.17) is 9.05 Å². The van der Waals surface area contributed by atoms with Gasteiger partial charge in [0.1, 0.15) is 11.5 Å². The fourth-order valence-corrected chi connectivity index (χ4v) is 11.5. The zero-order valence-electron chi connectivity index (χ0n) is 30.1. The number of aryl methyl sites for hydroxylation is 1. The van der Waals surface area contributed by atoms with Crippen molar-refractivity contribution in [2.45, 2.75) is 64.8 Å². The summed E-state index contributed by atoms with van der Waals surface area (Å²) in [5.41, 5.74) is 2.38. The Morgan fingerprint density at radius 1 is 0.491 bits per heavy atom. The molecule has 7 rings (SSSR count). The topological polar surface area (TPSA) is 23.4 Å². The van der Waals surface area contributed by atoms with Gasteiger partial charge in [0, 0.05) is 44.1 Å². The minimum absolute atomic E-state index is 0.816. The van der Waals surface area contributed by atoms with E-state index in [1.54, 1.807) is 0 Å². The SMILES string of the molecule is CCCCCCCCCCn1c2ccc(OP(c3ccccc3)c3ccccc3)cc2c2cc(OP(c3ccccc3)c3ccccc3)c(Br)c(Br)c21. The predicted octanol–water partition coefficient (Wildman–Crippen LogP) is 13.3. The first kappa shape index (κ1) is 37.8. The van der Waals surface area contributed by atoms with Gasteiger partial charge in [-0.25, -0.2) is 0 Å². The van der Waals surface area contributed by atoms with Gasteiger partial charge in [0.15, 0.2) is 16.3 Å². The fraction of sp³-hybridized carbons (Fsp3) is 0.217. The van der Waals surface area contributed by atoms with E-state index in [9.17, 15) is 0 Å². The van der Waals surface area contributed by atoms with Crippen molar-refractivity contribution in [2.24, 2.45) is 0 Å². The fourth-order valence-electron chi connectivity index (χ4n) is 6.87. The van der Waals surface area contributed by atoms with Gasteiger partial charge < -0.3 is 13.6 Å². The molecule has 0 aliphatic heterocycles. The lowest BCUT2D eigenvalue weighted by molar-refractivity contribution is 0.552. The molecule has 0 amide bonds. The Labute approximate surface area is 333 Å². The van der Waals surface area contributed by atoms with Gasteiger partial charge >= 0.3 is 0 Å². The number of aromatic nitrogens is 1. The number of halogens is 2. The summed E-state index contributed by atoms with van der Waals surface area (Å²) in [6.45, 7) is 3.23. The lowest BCUT2D eigenvalue weighted by Gasteiger charge is -2.21. The van der Waals surface area contributed by atoms with Gasteiger partial charge in [0.2, 0.25) is 0 Å². The van der Waals surface area contributed by atoms with Crippen molar-refractivity contribution in [1.82, 2.24) is 4.57 Å². The van der Waals surface area contributed by atoms with E-state index in [0.717, 1.165) is 44.2 Å². The van der Waals surface area contributed by atoms with E-state index in [0.29, 0.717) is 0 Å². The standard InChI is InChI=1S/C46H45Br2NO2P2/c1-2-3-4-5-6-7-8-21-32-49-42-31-30-35(50-52(36-22-13-9-14-23-36)37-24-15-10-16-25-37)33-40(42)41-34-43(44(47)45(48)46(41)49)51-53(38-26-17-11-18-27-38)39-28-19-12-20-29-39/h9-20,22-31,33-34H,2-8,21,32H2,1H3. The number of nitrogens with zero attached hydrogens (tertiary/aromatic N) is 1. The van der Waals surface area contributed by atoms with Crippen LogP contribution in [-0.2, 0) is 6.54 Å². The Balaban J connectivity index is 1.29. The lowest BCUT2D eigenvalue weighted by Crippen LogP contribution is -2.15. The highest BCUT2D eigenvalue weighted by Crippen LogP contribution is 2.48. The van der Waals surface area contributed by atoms with E-state index in [2.05, 4.69) is 189 Å². The third-order valence-corrected chi connectivity index (χ3v) is 15.5. The highest BCUT2D eigenvalue weighted by atomic mass is 79.9. The molecule has 0 spiro atoms. The van der Waals surface area contributed by atoms with Crippen molar-refractivity contribution in [1.29, 1.82) is 0 Å².